The van der Waals surface area contributed by atoms with E-state index >= 15 is 0 Å². The molecule has 2 rings (SSSR count). The molecule has 8 heteroatoms. The molecule has 0 radical (unpaired) electrons. The number of nitrogen functional groups attached to an aromatic ring is 1. The number of ether oxygens (including phenoxy) is 1. The van der Waals surface area contributed by atoms with E-state index in [1.807, 2.05) is 6.92 Å². The van der Waals surface area contributed by atoms with Gasteiger partial charge in [-0.1, -0.05) is 34.8 Å². The molecular formula is C12H11Cl3N4O. The Hall–Kier alpha value is -1.27. The minimum atomic E-state index is 0.133. The number of rotatable bonds is 4. The van der Waals surface area contributed by atoms with Crippen LogP contribution in [0.15, 0.2) is 18.2 Å². The van der Waals surface area contributed by atoms with Gasteiger partial charge in [0.1, 0.15) is 18.2 Å². The van der Waals surface area contributed by atoms with Gasteiger partial charge >= 0.3 is 0 Å². The predicted molar refractivity (Wildman–Crippen MR) is 80.4 cm³/mol. The average molecular weight is 334 g/mol. The molecule has 20 heavy (non-hydrogen) atoms. The lowest BCUT2D eigenvalue weighted by molar-refractivity contribution is 0.296. The highest BCUT2D eigenvalue weighted by molar-refractivity contribution is 6.43. The van der Waals surface area contributed by atoms with Gasteiger partial charge in [0, 0.05) is 17.8 Å². The predicted octanol–water partition coefficient (Wildman–Crippen LogP) is 3.61. The van der Waals surface area contributed by atoms with Gasteiger partial charge in [-0.3, -0.25) is 0 Å². The zero-order valence-corrected chi connectivity index (χ0v) is 12.7. The molecule has 0 saturated heterocycles. The number of nitrogens with two attached hydrogens (primary N) is 1. The van der Waals surface area contributed by atoms with Crippen LogP contribution in [-0.4, -0.2) is 9.97 Å². The quantitative estimate of drug-likeness (QED) is 0.508. The maximum absolute atomic E-state index is 6.02. The zero-order valence-electron chi connectivity index (χ0n) is 10.5. The van der Waals surface area contributed by atoms with Crippen molar-refractivity contribution in [2.45, 2.75) is 13.5 Å². The van der Waals surface area contributed by atoms with Crippen molar-refractivity contribution in [2.75, 3.05) is 5.43 Å². The van der Waals surface area contributed by atoms with E-state index in [-0.39, 0.29) is 6.61 Å². The van der Waals surface area contributed by atoms with E-state index < -0.39 is 0 Å². The molecule has 1 heterocycles. The van der Waals surface area contributed by atoms with E-state index in [1.54, 1.807) is 12.1 Å². The lowest BCUT2D eigenvalue weighted by Crippen LogP contribution is -2.12. The maximum Gasteiger partial charge on any atom is 0.168 e. The van der Waals surface area contributed by atoms with E-state index in [4.69, 9.17) is 45.4 Å². The molecule has 3 N–H and O–H groups in total. The summed E-state index contributed by atoms with van der Waals surface area (Å²) in [6.07, 6.45) is 0. The van der Waals surface area contributed by atoms with Gasteiger partial charge in [-0.2, -0.15) is 0 Å². The first-order chi connectivity index (χ1) is 9.49. The highest BCUT2D eigenvalue weighted by atomic mass is 35.5. The van der Waals surface area contributed by atoms with Gasteiger partial charge in [-0.05, 0) is 13.0 Å². The summed E-state index contributed by atoms with van der Waals surface area (Å²) in [4.78, 5) is 8.40. The fraction of sp³-hybridized carbons (Fsp3) is 0.167. The van der Waals surface area contributed by atoms with Crippen LogP contribution in [0.25, 0.3) is 0 Å². The molecule has 0 fully saturated rings. The third-order valence-corrected chi connectivity index (χ3v) is 3.40. The minimum Gasteiger partial charge on any atom is -0.484 e. The smallest absolute Gasteiger partial charge is 0.168 e. The lowest BCUT2D eigenvalue weighted by Gasteiger charge is -2.10. The van der Waals surface area contributed by atoms with E-state index in [0.29, 0.717) is 32.5 Å². The molecule has 0 bridgehead atoms. The van der Waals surface area contributed by atoms with Crippen LogP contribution >= 0.6 is 34.8 Å². The van der Waals surface area contributed by atoms with Crippen LogP contribution < -0.4 is 16.0 Å². The Bertz CT molecular complexity index is 636. The Kier molecular flexibility index (Phi) is 4.88. The maximum atomic E-state index is 6.02. The highest BCUT2D eigenvalue weighted by Crippen LogP contribution is 2.34. The van der Waals surface area contributed by atoms with Crippen molar-refractivity contribution in [3.8, 4) is 5.75 Å². The standard InChI is InChI=1S/C12H11Cl3N4O/c1-6-2-11(19-16)18-12(17-6)5-20-10-4-8(14)7(13)3-9(10)15/h2-4H,5,16H2,1H3,(H,17,18,19). The number of aryl methyl sites for hydroxylation is 1. The molecule has 0 saturated carbocycles. The number of hydrazine groups is 1. The molecule has 0 atom stereocenters. The molecule has 0 aliphatic rings. The Labute approximate surface area is 131 Å². The number of anilines is 1. The molecule has 0 unspecified atom stereocenters. The lowest BCUT2D eigenvalue weighted by atomic mass is 10.3. The molecule has 0 aliphatic carbocycles. The number of nitrogens with one attached hydrogen (secondary N) is 1. The van der Waals surface area contributed by atoms with Gasteiger partial charge in [-0.25, -0.2) is 15.8 Å². The normalized spacial score (nSPS) is 10.4. The highest BCUT2D eigenvalue weighted by Gasteiger charge is 2.09. The number of aromatic nitrogens is 2. The molecule has 5 nitrogen and oxygen atoms in total. The van der Waals surface area contributed by atoms with Crippen LogP contribution in [0, 0.1) is 6.92 Å². The Morgan fingerprint density at radius 1 is 1.10 bits per heavy atom. The monoisotopic (exact) mass is 332 g/mol. The summed E-state index contributed by atoms with van der Waals surface area (Å²) >= 11 is 17.8. The van der Waals surface area contributed by atoms with Crippen LogP contribution in [0.5, 0.6) is 5.75 Å². The zero-order chi connectivity index (χ0) is 14.7. The van der Waals surface area contributed by atoms with E-state index in [0.717, 1.165) is 5.69 Å². The van der Waals surface area contributed by atoms with Gasteiger partial charge in [-0.15, -0.1) is 0 Å². The summed E-state index contributed by atoms with van der Waals surface area (Å²) in [5.41, 5.74) is 3.23. The van der Waals surface area contributed by atoms with E-state index in [1.165, 1.54) is 6.07 Å². The summed E-state index contributed by atoms with van der Waals surface area (Å²) in [6.45, 7) is 1.96. The van der Waals surface area contributed by atoms with Gasteiger partial charge < -0.3 is 10.2 Å². The number of hydrogen-bond donors (Lipinski definition) is 2. The second-order valence-electron chi connectivity index (χ2n) is 3.94. The molecule has 2 aromatic rings. The third-order valence-electron chi connectivity index (χ3n) is 2.38. The first-order valence-corrected chi connectivity index (χ1v) is 6.71. The van der Waals surface area contributed by atoms with Crippen LogP contribution in [0.3, 0.4) is 0 Å². The van der Waals surface area contributed by atoms with Crippen molar-refractivity contribution < 1.29 is 4.74 Å². The molecule has 0 aliphatic heterocycles. The molecule has 106 valence electrons. The molecule has 1 aromatic carbocycles. The number of nitrogens with zero attached hydrogens (tertiary/aromatic N) is 2. The Morgan fingerprint density at radius 3 is 2.50 bits per heavy atom. The summed E-state index contributed by atoms with van der Waals surface area (Å²) in [5.74, 6) is 6.71. The summed E-state index contributed by atoms with van der Waals surface area (Å²) in [6, 6.07) is 4.78. The van der Waals surface area contributed by atoms with Gasteiger partial charge in [0.2, 0.25) is 0 Å². The second kappa shape index (κ2) is 6.45. The minimum absolute atomic E-state index is 0.133. The summed E-state index contributed by atoms with van der Waals surface area (Å²) in [7, 11) is 0. The van der Waals surface area contributed by atoms with E-state index in [9.17, 15) is 0 Å². The number of halogens is 3. The largest absolute Gasteiger partial charge is 0.484 e. The Balaban J connectivity index is 2.16. The van der Waals surface area contributed by atoms with Crippen LogP contribution in [0.4, 0.5) is 5.82 Å². The van der Waals surface area contributed by atoms with Crippen LogP contribution in [0.2, 0.25) is 15.1 Å². The number of hydrogen-bond acceptors (Lipinski definition) is 5. The van der Waals surface area contributed by atoms with Gasteiger partial charge in [0.15, 0.2) is 5.82 Å². The average Bonchev–Trinajstić information content (AvgIpc) is 2.40. The van der Waals surface area contributed by atoms with Crippen molar-refractivity contribution in [1.82, 2.24) is 9.97 Å². The van der Waals surface area contributed by atoms with Crippen LogP contribution in [0.1, 0.15) is 11.5 Å². The van der Waals surface area contributed by atoms with Crippen molar-refractivity contribution in [2.24, 2.45) is 5.84 Å². The SMILES string of the molecule is Cc1cc(NN)nc(COc2cc(Cl)c(Cl)cc2Cl)n1. The Morgan fingerprint density at radius 2 is 1.80 bits per heavy atom. The second-order valence-corrected chi connectivity index (χ2v) is 5.16. The first kappa shape index (κ1) is 15.1. The summed E-state index contributed by atoms with van der Waals surface area (Å²) < 4.78 is 5.54. The topological polar surface area (TPSA) is 73.1 Å². The fourth-order valence-electron chi connectivity index (χ4n) is 1.53. The molecule has 0 spiro atoms. The summed E-state index contributed by atoms with van der Waals surface area (Å²) in [5, 5.41) is 1.09. The molecular weight excluding hydrogens is 323 g/mol. The van der Waals surface area contributed by atoms with E-state index in [2.05, 4.69) is 15.4 Å². The van der Waals surface area contributed by atoms with Crippen molar-refractivity contribution in [1.29, 1.82) is 0 Å². The van der Waals surface area contributed by atoms with Crippen molar-refractivity contribution in [3.63, 3.8) is 0 Å². The van der Waals surface area contributed by atoms with Crippen molar-refractivity contribution in [3.05, 3.63) is 44.8 Å². The van der Waals surface area contributed by atoms with Crippen LogP contribution in [-0.2, 0) is 6.61 Å². The fourth-order valence-corrected chi connectivity index (χ4v) is 2.12. The van der Waals surface area contributed by atoms with Gasteiger partial charge in [0.05, 0.1) is 15.1 Å². The third kappa shape index (κ3) is 3.64. The number of benzene rings is 1. The molecule has 1 aromatic heterocycles. The molecule has 0 amide bonds. The van der Waals surface area contributed by atoms with Gasteiger partial charge in [0.25, 0.3) is 0 Å². The van der Waals surface area contributed by atoms with Crippen molar-refractivity contribution >= 4 is 40.6 Å². The first-order valence-electron chi connectivity index (χ1n) is 5.58.